The van der Waals surface area contributed by atoms with Crippen molar-refractivity contribution in [1.82, 2.24) is 29.6 Å². The zero-order valence-electron chi connectivity index (χ0n) is 18.0. The fraction of sp³-hybridized carbons (Fsp3) is 0.435. The third-order valence-electron chi connectivity index (χ3n) is 7.45. The Morgan fingerprint density at radius 2 is 1.73 bits per heavy atom. The molecule has 0 radical (unpaired) electrons. The molecule has 1 saturated carbocycles. The highest BCUT2D eigenvalue weighted by molar-refractivity contribution is 6.30. The summed E-state index contributed by atoms with van der Waals surface area (Å²) >= 11 is 6.36. The summed E-state index contributed by atoms with van der Waals surface area (Å²) in [5.74, 6) is 2.55. The van der Waals surface area contributed by atoms with Crippen molar-refractivity contribution in [1.29, 1.82) is 5.26 Å². The number of fused-ring (bicyclic) bond motifs is 3. The predicted molar refractivity (Wildman–Crippen MR) is 122 cm³/mol. The van der Waals surface area contributed by atoms with E-state index in [0.717, 1.165) is 68.0 Å². The standard InChI is InChI=1S/C23H22ClN9/c24-17-2-3-18-16(8-17)9-32(23(11-25)4-5-23)10-19-28-29-21(33(18)19)31-14-22(15-31)12-30(13-22)20-26-6-1-7-27-20/h1-3,6-8H,4-5,9-10,12-15H2. The maximum atomic E-state index is 9.81. The Labute approximate surface area is 196 Å². The van der Waals surface area contributed by atoms with Crippen molar-refractivity contribution in [2.24, 2.45) is 5.41 Å². The van der Waals surface area contributed by atoms with Crippen LogP contribution in [-0.2, 0) is 13.1 Å². The molecule has 0 N–H and O–H groups in total. The molecule has 1 aliphatic carbocycles. The van der Waals surface area contributed by atoms with Gasteiger partial charge in [0.15, 0.2) is 5.82 Å². The second-order valence-corrected chi connectivity index (χ2v) is 10.2. The average Bonchev–Trinajstić information content (AvgIpc) is 3.50. The molecule has 3 aliphatic heterocycles. The van der Waals surface area contributed by atoms with Gasteiger partial charge in [0.1, 0.15) is 5.54 Å². The quantitative estimate of drug-likeness (QED) is 0.589. The molecule has 33 heavy (non-hydrogen) atoms. The minimum Gasteiger partial charge on any atom is -0.339 e. The molecule has 0 atom stereocenters. The number of benzene rings is 1. The molecule has 4 aliphatic rings. The van der Waals surface area contributed by atoms with Gasteiger partial charge in [-0.2, -0.15) is 5.26 Å². The second-order valence-electron chi connectivity index (χ2n) is 9.79. The normalized spacial score (nSPS) is 21.9. The van der Waals surface area contributed by atoms with E-state index in [-0.39, 0.29) is 5.41 Å². The summed E-state index contributed by atoms with van der Waals surface area (Å²) in [5, 5.41) is 19.7. The molecular formula is C23H22ClN9. The van der Waals surface area contributed by atoms with Gasteiger partial charge in [0, 0.05) is 55.6 Å². The SMILES string of the molecule is N#CC1(N2Cc3cc(Cl)ccc3-n3c(nnc3N3CC4(CN(c5ncccn5)C4)C3)C2)CC1. The van der Waals surface area contributed by atoms with Crippen LogP contribution in [0.3, 0.4) is 0 Å². The molecule has 3 aromatic rings. The Kier molecular flexibility index (Phi) is 3.88. The van der Waals surface area contributed by atoms with Crippen LogP contribution in [0.2, 0.25) is 5.02 Å². The molecule has 2 aromatic heterocycles. The second kappa shape index (κ2) is 6.65. The van der Waals surface area contributed by atoms with Crippen molar-refractivity contribution in [3.63, 3.8) is 0 Å². The van der Waals surface area contributed by atoms with Crippen LogP contribution in [-0.4, -0.2) is 61.4 Å². The Balaban J connectivity index is 1.17. The highest BCUT2D eigenvalue weighted by atomic mass is 35.5. The molecule has 7 rings (SSSR count). The maximum absolute atomic E-state index is 9.81. The zero-order valence-corrected chi connectivity index (χ0v) is 18.8. The zero-order chi connectivity index (χ0) is 22.2. The fourth-order valence-electron chi connectivity index (χ4n) is 5.58. The number of hydrogen-bond donors (Lipinski definition) is 0. The lowest BCUT2D eigenvalue weighted by Crippen LogP contribution is -2.73. The number of hydrogen-bond acceptors (Lipinski definition) is 8. The van der Waals surface area contributed by atoms with Crippen molar-refractivity contribution in [3.8, 4) is 11.8 Å². The predicted octanol–water partition coefficient (Wildman–Crippen LogP) is 2.41. The van der Waals surface area contributed by atoms with Gasteiger partial charge >= 0.3 is 0 Å². The number of anilines is 2. The smallest absolute Gasteiger partial charge is 0.231 e. The summed E-state index contributed by atoms with van der Waals surface area (Å²) < 4.78 is 2.17. The third kappa shape index (κ3) is 2.87. The van der Waals surface area contributed by atoms with Gasteiger partial charge in [0.25, 0.3) is 0 Å². The first-order chi connectivity index (χ1) is 16.1. The number of nitrogens with zero attached hydrogens (tertiary/aromatic N) is 9. The lowest BCUT2D eigenvalue weighted by Gasteiger charge is -2.60. The van der Waals surface area contributed by atoms with Gasteiger partial charge in [-0.3, -0.25) is 9.47 Å². The molecule has 0 amide bonds. The summed E-state index contributed by atoms with van der Waals surface area (Å²) in [4.78, 5) is 15.5. The minimum atomic E-state index is -0.392. The van der Waals surface area contributed by atoms with Crippen molar-refractivity contribution >= 4 is 23.5 Å². The van der Waals surface area contributed by atoms with Crippen molar-refractivity contribution in [2.75, 3.05) is 36.0 Å². The number of aromatic nitrogens is 5. The van der Waals surface area contributed by atoms with Crippen LogP contribution in [0.15, 0.2) is 36.7 Å². The van der Waals surface area contributed by atoms with Crippen LogP contribution in [0.4, 0.5) is 11.9 Å². The van der Waals surface area contributed by atoms with Gasteiger partial charge in [-0.25, -0.2) is 9.97 Å². The van der Waals surface area contributed by atoms with E-state index in [1.165, 1.54) is 0 Å². The van der Waals surface area contributed by atoms with E-state index in [4.69, 9.17) is 11.6 Å². The summed E-state index contributed by atoms with van der Waals surface area (Å²) in [6.07, 6.45) is 5.38. The number of halogens is 1. The highest BCUT2D eigenvalue weighted by Crippen LogP contribution is 2.46. The lowest BCUT2D eigenvalue weighted by molar-refractivity contribution is 0.152. The van der Waals surface area contributed by atoms with Gasteiger partial charge in [0.2, 0.25) is 11.9 Å². The summed E-state index contributed by atoms with van der Waals surface area (Å²) in [6.45, 7) is 5.07. The molecule has 10 heteroatoms. The molecule has 5 heterocycles. The Morgan fingerprint density at radius 1 is 0.970 bits per heavy atom. The first-order valence-electron chi connectivity index (χ1n) is 11.2. The minimum absolute atomic E-state index is 0.254. The van der Waals surface area contributed by atoms with Crippen molar-refractivity contribution in [3.05, 3.63) is 53.1 Å². The number of rotatable bonds is 3. The third-order valence-corrected chi connectivity index (χ3v) is 7.68. The monoisotopic (exact) mass is 459 g/mol. The van der Waals surface area contributed by atoms with Crippen molar-refractivity contribution in [2.45, 2.75) is 31.5 Å². The topological polar surface area (TPSA) is 90.0 Å². The molecule has 3 fully saturated rings. The Morgan fingerprint density at radius 3 is 2.45 bits per heavy atom. The Hall–Kier alpha value is -3.22. The summed E-state index contributed by atoms with van der Waals surface area (Å²) in [7, 11) is 0. The lowest BCUT2D eigenvalue weighted by atomic mass is 9.73. The van der Waals surface area contributed by atoms with E-state index < -0.39 is 5.54 Å². The molecule has 0 bridgehead atoms. The first-order valence-corrected chi connectivity index (χ1v) is 11.6. The van der Waals surface area contributed by atoms with E-state index in [0.29, 0.717) is 18.1 Å². The molecule has 1 spiro atoms. The highest BCUT2D eigenvalue weighted by Gasteiger charge is 2.54. The summed E-state index contributed by atoms with van der Waals surface area (Å²) in [5.41, 5.74) is 2.02. The van der Waals surface area contributed by atoms with Crippen LogP contribution < -0.4 is 9.80 Å². The maximum Gasteiger partial charge on any atom is 0.231 e. The largest absolute Gasteiger partial charge is 0.339 e. The molecular weight excluding hydrogens is 438 g/mol. The fourth-order valence-corrected chi connectivity index (χ4v) is 5.77. The van der Waals surface area contributed by atoms with E-state index >= 15 is 0 Å². The van der Waals surface area contributed by atoms with Gasteiger partial charge in [-0.05, 0) is 42.7 Å². The van der Waals surface area contributed by atoms with Gasteiger partial charge in [0.05, 0.1) is 18.3 Å². The summed E-state index contributed by atoms with van der Waals surface area (Å²) in [6, 6.07) is 10.4. The van der Waals surface area contributed by atoms with Gasteiger partial charge in [-0.15, -0.1) is 10.2 Å². The number of nitriles is 1. The van der Waals surface area contributed by atoms with E-state index in [9.17, 15) is 5.26 Å². The molecule has 166 valence electrons. The van der Waals surface area contributed by atoms with Crippen LogP contribution in [0.1, 0.15) is 24.2 Å². The van der Waals surface area contributed by atoms with E-state index in [1.54, 1.807) is 12.4 Å². The van der Waals surface area contributed by atoms with Crippen LogP contribution in [0, 0.1) is 16.7 Å². The Bertz CT molecular complexity index is 1280. The van der Waals surface area contributed by atoms with Gasteiger partial charge < -0.3 is 9.80 Å². The molecule has 0 unspecified atom stereocenters. The molecule has 9 nitrogen and oxygen atoms in total. The van der Waals surface area contributed by atoms with Crippen molar-refractivity contribution < 1.29 is 0 Å². The van der Waals surface area contributed by atoms with Crippen LogP contribution in [0.5, 0.6) is 0 Å². The average molecular weight is 460 g/mol. The molecule has 1 aromatic carbocycles. The van der Waals surface area contributed by atoms with E-state index in [2.05, 4.69) is 51.6 Å². The molecule has 2 saturated heterocycles. The van der Waals surface area contributed by atoms with Crippen LogP contribution in [0.25, 0.3) is 5.69 Å². The van der Waals surface area contributed by atoms with Gasteiger partial charge in [-0.1, -0.05) is 11.6 Å². The van der Waals surface area contributed by atoms with Crippen LogP contribution >= 0.6 is 11.6 Å². The van der Waals surface area contributed by atoms with E-state index in [1.807, 2.05) is 18.2 Å². The first kappa shape index (κ1) is 19.3.